The van der Waals surface area contributed by atoms with Gasteiger partial charge in [-0.05, 0) is 44.7 Å². The van der Waals surface area contributed by atoms with Crippen LogP contribution in [0.15, 0.2) is 48.5 Å². The molecular formula is C22H24Cl2N4O. The molecule has 3 aromatic rings. The van der Waals surface area contributed by atoms with Crippen molar-refractivity contribution in [1.82, 2.24) is 14.7 Å². The fourth-order valence-electron chi connectivity index (χ4n) is 3.18. The molecule has 0 unspecified atom stereocenters. The molecule has 1 heterocycles. The molecule has 0 saturated heterocycles. The lowest BCUT2D eigenvalue weighted by Gasteiger charge is -2.17. The van der Waals surface area contributed by atoms with Gasteiger partial charge in [-0.15, -0.1) is 0 Å². The highest BCUT2D eigenvalue weighted by molar-refractivity contribution is 6.42. The van der Waals surface area contributed by atoms with Crippen molar-refractivity contribution < 1.29 is 4.79 Å². The SMILES string of the molecule is Cc1nn(-c2ccccc2)c(C)c1NC(=O)CCN(C)Cc1cccc(Cl)c1Cl. The van der Waals surface area contributed by atoms with E-state index < -0.39 is 0 Å². The Morgan fingerprint density at radius 2 is 1.83 bits per heavy atom. The number of nitrogens with one attached hydrogen (secondary N) is 1. The maximum absolute atomic E-state index is 12.5. The van der Waals surface area contributed by atoms with Crippen molar-refractivity contribution in [2.75, 3.05) is 18.9 Å². The molecule has 0 bridgehead atoms. The van der Waals surface area contributed by atoms with Crippen LogP contribution in [0.3, 0.4) is 0 Å². The Balaban J connectivity index is 1.60. The maximum atomic E-state index is 12.5. The first-order valence-electron chi connectivity index (χ1n) is 9.39. The number of benzene rings is 2. The number of para-hydroxylation sites is 1. The second-order valence-electron chi connectivity index (χ2n) is 7.04. The molecule has 0 spiro atoms. The second-order valence-corrected chi connectivity index (χ2v) is 7.83. The van der Waals surface area contributed by atoms with E-state index in [1.165, 1.54) is 0 Å². The number of hydrogen-bond donors (Lipinski definition) is 1. The minimum atomic E-state index is -0.0483. The third-order valence-corrected chi connectivity index (χ3v) is 5.61. The van der Waals surface area contributed by atoms with Crippen LogP contribution in [0.2, 0.25) is 10.0 Å². The maximum Gasteiger partial charge on any atom is 0.225 e. The average molecular weight is 431 g/mol. The molecule has 3 rings (SSSR count). The first kappa shape index (κ1) is 21.4. The molecule has 0 aliphatic heterocycles. The van der Waals surface area contributed by atoms with Crippen molar-refractivity contribution in [1.29, 1.82) is 0 Å². The summed E-state index contributed by atoms with van der Waals surface area (Å²) in [6.45, 7) is 5.07. The summed E-state index contributed by atoms with van der Waals surface area (Å²) in [7, 11) is 1.95. The first-order valence-corrected chi connectivity index (χ1v) is 10.2. The number of halogens is 2. The zero-order chi connectivity index (χ0) is 21.0. The van der Waals surface area contributed by atoms with Crippen LogP contribution in [0.1, 0.15) is 23.4 Å². The zero-order valence-electron chi connectivity index (χ0n) is 16.7. The quantitative estimate of drug-likeness (QED) is 0.556. The Morgan fingerprint density at radius 1 is 1.10 bits per heavy atom. The summed E-state index contributed by atoms with van der Waals surface area (Å²) in [4.78, 5) is 14.6. The van der Waals surface area contributed by atoms with Gasteiger partial charge in [0.25, 0.3) is 0 Å². The van der Waals surface area contributed by atoms with Gasteiger partial charge >= 0.3 is 0 Å². The average Bonchev–Trinajstić information content (AvgIpc) is 2.99. The summed E-state index contributed by atoms with van der Waals surface area (Å²) in [5.41, 5.74) is 4.36. The standard InChI is InChI=1S/C22H24Cl2N4O/c1-15-22(16(2)28(26-15)18-9-5-4-6-10-18)25-20(29)12-13-27(3)14-17-8-7-11-19(23)21(17)24/h4-11H,12-14H2,1-3H3,(H,25,29). The molecule has 0 aliphatic carbocycles. The second kappa shape index (κ2) is 9.44. The van der Waals surface area contributed by atoms with Gasteiger partial charge in [-0.1, -0.05) is 53.5 Å². The Hall–Kier alpha value is -2.34. The molecule has 0 saturated carbocycles. The van der Waals surface area contributed by atoms with Crippen LogP contribution in [0, 0.1) is 13.8 Å². The third-order valence-electron chi connectivity index (χ3n) is 4.75. The van der Waals surface area contributed by atoms with E-state index in [1.807, 2.05) is 72.9 Å². The summed E-state index contributed by atoms with van der Waals surface area (Å²) in [6.07, 6.45) is 0.365. The van der Waals surface area contributed by atoms with Crippen LogP contribution in [0.4, 0.5) is 5.69 Å². The molecule has 1 amide bonds. The van der Waals surface area contributed by atoms with Gasteiger partial charge in [0.05, 0.1) is 32.8 Å². The summed E-state index contributed by atoms with van der Waals surface area (Å²) < 4.78 is 1.85. The smallest absolute Gasteiger partial charge is 0.225 e. The Morgan fingerprint density at radius 3 is 2.55 bits per heavy atom. The van der Waals surface area contributed by atoms with Gasteiger partial charge in [-0.25, -0.2) is 4.68 Å². The predicted molar refractivity (Wildman–Crippen MR) is 119 cm³/mol. The van der Waals surface area contributed by atoms with Gasteiger partial charge in [0, 0.05) is 19.5 Å². The Bertz CT molecular complexity index is 1000. The number of rotatable bonds is 7. The molecule has 1 aromatic heterocycles. The molecule has 1 N–H and O–H groups in total. The van der Waals surface area contributed by atoms with Crippen molar-refractivity contribution in [3.63, 3.8) is 0 Å². The van der Waals surface area contributed by atoms with Gasteiger partial charge in [-0.3, -0.25) is 4.79 Å². The lowest BCUT2D eigenvalue weighted by Crippen LogP contribution is -2.24. The predicted octanol–water partition coefficient (Wildman–Crippen LogP) is 5.26. The number of hydrogen-bond acceptors (Lipinski definition) is 3. The van der Waals surface area contributed by atoms with E-state index >= 15 is 0 Å². The van der Waals surface area contributed by atoms with Gasteiger partial charge < -0.3 is 10.2 Å². The third kappa shape index (κ3) is 5.18. The first-order chi connectivity index (χ1) is 13.9. The van der Waals surface area contributed by atoms with Gasteiger partial charge in [0.15, 0.2) is 0 Å². The van der Waals surface area contributed by atoms with Crippen molar-refractivity contribution in [3.05, 3.63) is 75.5 Å². The van der Waals surface area contributed by atoms with Crippen molar-refractivity contribution in [3.8, 4) is 5.69 Å². The van der Waals surface area contributed by atoms with E-state index in [1.54, 1.807) is 6.07 Å². The molecule has 152 valence electrons. The van der Waals surface area contributed by atoms with Crippen LogP contribution < -0.4 is 5.32 Å². The fourth-order valence-corrected chi connectivity index (χ4v) is 3.56. The van der Waals surface area contributed by atoms with Gasteiger partial charge in [0.1, 0.15) is 0 Å². The molecular weight excluding hydrogens is 407 g/mol. The fraction of sp³-hybridized carbons (Fsp3) is 0.273. The topological polar surface area (TPSA) is 50.2 Å². The lowest BCUT2D eigenvalue weighted by atomic mass is 10.2. The normalized spacial score (nSPS) is 11.1. The number of aromatic nitrogens is 2. The summed E-state index contributed by atoms with van der Waals surface area (Å²) >= 11 is 12.3. The Kier molecular flexibility index (Phi) is 6.96. The number of amides is 1. The van der Waals surface area contributed by atoms with Crippen LogP contribution in [-0.2, 0) is 11.3 Å². The minimum Gasteiger partial charge on any atom is -0.323 e. The number of anilines is 1. The lowest BCUT2D eigenvalue weighted by molar-refractivity contribution is -0.116. The van der Waals surface area contributed by atoms with E-state index in [0.717, 1.165) is 28.3 Å². The highest BCUT2D eigenvalue weighted by Crippen LogP contribution is 2.26. The summed E-state index contributed by atoms with van der Waals surface area (Å²) in [5, 5.41) is 8.68. The van der Waals surface area contributed by atoms with Crippen molar-refractivity contribution >= 4 is 34.8 Å². The summed E-state index contributed by atoms with van der Waals surface area (Å²) in [5.74, 6) is -0.0483. The Labute approximate surface area is 181 Å². The molecule has 0 fully saturated rings. The van der Waals surface area contributed by atoms with Gasteiger partial charge in [-0.2, -0.15) is 5.10 Å². The van der Waals surface area contributed by atoms with E-state index in [-0.39, 0.29) is 5.91 Å². The largest absolute Gasteiger partial charge is 0.323 e. The molecule has 0 atom stereocenters. The molecule has 7 heteroatoms. The molecule has 0 aliphatic rings. The monoisotopic (exact) mass is 430 g/mol. The minimum absolute atomic E-state index is 0.0483. The zero-order valence-corrected chi connectivity index (χ0v) is 18.3. The van der Waals surface area contributed by atoms with E-state index in [0.29, 0.717) is 29.6 Å². The van der Waals surface area contributed by atoms with E-state index in [2.05, 4.69) is 10.4 Å². The summed E-state index contributed by atoms with van der Waals surface area (Å²) in [6, 6.07) is 15.4. The van der Waals surface area contributed by atoms with Crippen LogP contribution >= 0.6 is 23.2 Å². The number of carbonyl (C=O) groups excluding carboxylic acids is 1. The van der Waals surface area contributed by atoms with Crippen LogP contribution in [-0.4, -0.2) is 34.2 Å². The van der Waals surface area contributed by atoms with E-state index in [9.17, 15) is 4.79 Å². The van der Waals surface area contributed by atoms with Crippen LogP contribution in [0.5, 0.6) is 0 Å². The van der Waals surface area contributed by atoms with E-state index in [4.69, 9.17) is 23.2 Å². The van der Waals surface area contributed by atoms with Crippen molar-refractivity contribution in [2.24, 2.45) is 0 Å². The highest BCUT2D eigenvalue weighted by Gasteiger charge is 2.16. The molecule has 5 nitrogen and oxygen atoms in total. The van der Waals surface area contributed by atoms with Crippen molar-refractivity contribution in [2.45, 2.75) is 26.8 Å². The molecule has 0 radical (unpaired) electrons. The number of nitrogens with zero attached hydrogens (tertiary/aromatic N) is 3. The number of aryl methyl sites for hydroxylation is 1. The highest BCUT2D eigenvalue weighted by atomic mass is 35.5. The van der Waals surface area contributed by atoms with Gasteiger partial charge in [0.2, 0.25) is 5.91 Å². The van der Waals surface area contributed by atoms with Crippen LogP contribution in [0.25, 0.3) is 5.69 Å². The number of carbonyl (C=O) groups is 1. The molecule has 29 heavy (non-hydrogen) atoms. The molecule has 2 aromatic carbocycles.